The van der Waals surface area contributed by atoms with E-state index < -0.39 is 23.9 Å². The number of esters is 2. The number of benzene rings is 2. The number of carbonyl (C=O) groups excluding carboxylic acids is 2. The quantitative estimate of drug-likeness (QED) is 0.248. The molecule has 0 radical (unpaired) electrons. The zero-order valence-electron chi connectivity index (χ0n) is 18.9. The van der Waals surface area contributed by atoms with Gasteiger partial charge in [-0.3, -0.25) is 9.59 Å². The van der Waals surface area contributed by atoms with Gasteiger partial charge in [0, 0.05) is 13.8 Å². The number of carboxylic acid groups (broad SMARTS) is 2. The highest BCUT2D eigenvalue weighted by molar-refractivity contribution is 5.95. The zero-order chi connectivity index (χ0) is 25.1. The van der Waals surface area contributed by atoms with Crippen LogP contribution in [0.15, 0.2) is 36.4 Å². The van der Waals surface area contributed by atoms with E-state index >= 15 is 0 Å². The van der Waals surface area contributed by atoms with Gasteiger partial charge in [0.05, 0.1) is 13.2 Å². The average Bonchev–Trinajstić information content (AvgIpc) is 2.74. The first kappa shape index (κ1) is 26.2. The van der Waals surface area contributed by atoms with Gasteiger partial charge in [0.1, 0.15) is 34.1 Å². The van der Waals surface area contributed by atoms with Crippen LogP contribution in [-0.2, 0) is 9.59 Å². The van der Waals surface area contributed by atoms with Crippen LogP contribution >= 0.6 is 0 Å². The van der Waals surface area contributed by atoms with E-state index in [4.69, 9.17) is 18.9 Å². The molecule has 2 N–H and O–H groups in total. The highest BCUT2D eigenvalue weighted by Gasteiger charge is 2.20. The molecule has 0 bridgehead atoms. The lowest BCUT2D eigenvalue weighted by molar-refractivity contribution is -0.132. The van der Waals surface area contributed by atoms with Crippen molar-refractivity contribution in [1.82, 2.24) is 0 Å². The molecule has 0 fully saturated rings. The van der Waals surface area contributed by atoms with Crippen LogP contribution in [0.4, 0.5) is 0 Å². The van der Waals surface area contributed by atoms with E-state index in [0.717, 1.165) is 12.8 Å². The normalized spacial score (nSPS) is 10.3. The third-order valence-corrected chi connectivity index (χ3v) is 4.46. The summed E-state index contributed by atoms with van der Waals surface area (Å²) in [5.41, 5.74) is -0.423. The molecule has 0 amide bonds. The number of aromatic carboxylic acids is 2. The molecular formula is C24H26O10. The molecule has 0 aliphatic rings. The number of unbranched alkanes of at least 4 members (excludes halogenated alkanes) is 3. The second kappa shape index (κ2) is 12.8. The van der Waals surface area contributed by atoms with Crippen LogP contribution in [0.2, 0.25) is 0 Å². The molecule has 10 heteroatoms. The van der Waals surface area contributed by atoms with Gasteiger partial charge in [0.25, 0.3) is 0 Å². The van der Waals surface area contributed by atoms with Gasteiger partial charge in [-0.2, -0.15) is 0 Å². The Morgan fingerprint density at radius 3 is 1.29 bits per heavy atom. The van der Waals surface area contributed by atoms with E-state index in [9.17, 15) is 29.4 Å². The maximum absolute atomic E-state index is 11.5. The summed E-state index contributed by atoms with van der Waals surface area (Å²) in [6.07, 6.45) is 2.79. The van der Waals surface area contributed by atoms with Gasteiger partial charge in [0.15, 0.2) is 0 Å². The molecule has 2 aromatic rings. The first-order chi connectivity index (χ1) is 16.2. The van der Waals surface area contributed by atoms with E-state index in [-0.39, 0.29) is 47.3 Å². The average molecular weight is 474 g/mol. The Labute approximate surface area is 196 Å². The number of carbonyl (C=O) groups is 4. The number of ether oxygens (including phenoxy) is 4. The van der Waals surface area contributed by atoms with Gasteiger partial charge in [0.2, 0.25) is 0 Å². The molecule has 0 spiro atoms. The van der Waals surface area contributed by atoms with Crippen molar-refractivity contribution in [2.75, 3.05) is 13.2 Å². The van der Waals surface area contributed by atoms with Crippen LogP contribution in [-0.4, -0.2) is 47.3 Å². The van der Waals surface area contributed by atoms with Gasteiger partial charge >= 0.3 is 23.9 Å². The molecule has 0 aromatic heterocycles. The fraction of sp³-hybridized carbons (Fsp3) is 0.333. The van der Waals surface area contributed by atoms with Crippen LogP contribution in [0.3, 0.4) is 0 Å². The summed E-state index contributed by atoms with van der Waals surface area (Å²) < 4.78 is 21.0. The topological polar surface area (TPSA) is 146 Å². The van der Waals surface area contributed by atoms with Gasteiger partial charge in [-0.15, -0.1) is 0 Å². The Morgan fingerprint density at radius 1 is 0.618 bits per heavy atom. The summed E-state index contributed by atoms with van der Waals surface area (Å²) in [4.78, 5) is 45.4. The van der Waals surface area contributed by atoms with Crippen LogP contribution in [0.25, 0.3) is 0 Å². The van der Waals surface area contributed by atoms with Crippen molar-refractivity contribution in [2.45, 2.75) is 39.5 Å². The number of hydrogen-bond donors (Lipinski definition) is 2. The standard InChI is InChI=1S/C24H26O10/c1-15(25)33-19-11-7-9-17(21(19)23(27)28)31-13-5-3-4-6-14-32-18-10-8-12-20(34-16(2)26)22(18)24(29)30/h7-12H,3-6,13-14H2,1-2H3,(H,27,28)(H,29,30). The largest absolute Gasteiger partial charge is 0.493 e. The molecule has 34 heavy (non-hydrogen) atoms. The Hall–Kier alpha value is -4.08. The Bertz CT molecular complexity index is 961. The smallest absolute Gasteiger partial charge is 0.343 e. The predicted molar refractivity (Wildman–Crippen MR) is 119 cm³/mol. The summed E-state index contributed by atoms with van der Waals surface area (Å²) in [6.45, 7) is 2.89. The summed E-state index contributed by atoms with van der Waals surface area (Å²) in [5.74, 6) is -3.70. The summed E-state index contributed by atoms with van der Waals surface area (Å²) in [7, 11) is 0. The van der Waals surface area contributed by atoms with E-state index in [1.807, 2.05) is 0 Å². The lowest BCUT2D eigenvalue weighted by atomic mass is 10.1. The van der Waals surface area contributed by atoms with Crippen molar-refractivity contribution in [3.05, 3.63) is 47.5 Å². The number of rotatable bonds is 13. The molecule has 2 rings (SSSR count). The van der Waals surface area contributed by atoms with Crippen molar-refractivity contribution in [3.63, 3.8) is 0 Å². The third-order valence-electron chi connectivity index (χ3n) is 4.46. The molecule has 0 unspecified atom stereocenters. The highest BCUT2D eigenvalue weighted by atomic mass is 16.5. The van der Waals surface area contributed by atoms with E-state index in [1.54, 1.807) is 12.1 Å². The second-order valence-corrected chi connectivity index (χ2v) is 7.17. The van der Waals surface area contributed by atoms with Crippen molar-refractivity contribution >= 4 is 23.9 Å². The summed E-state index contributed by atoms with van der Waals surface area (Å²) >= 11 is 0. The molecule has 0 saturated heterocycles. The fourth-order valence-corrected chi connectivity index (χ4v) is 3.09. The Morgan fingerprint density at radius 2 is 0.971 bits per heavy atom. The number of carboxylic acids is 2. The van der Waals surface area contributed by atoms with Crippen molar-refractivity contribution < 1.29 is 48.3 Å². The predicted octanol–water partition coefficient (Wildman–Crippen LogP) is 3.95. The molecule has 0 aliphatic heterocycles. The summed E-state index contributed by atoms with van der Waals surface area (Å²) in [6, 6.07) is 8.84. The van der Waals surface area contributed by atoms with E-state index in [2.05, 4.69) is 0 Å². The van der Waals surface area contributed by atoms with Crippen molar-refractivity contribution in [1.29, 1.82) is 0 Å². The second-order valence-electron chi connectivity index (χ2n) is 7.17. The SMILES string of the molecule is CC(=O)Oc1cccc(OCCCCCCOc2cccc(OC(C)=O)c2C(=O)O)c1C(=O)O. The maximum Gasteiger partial charge on any atom is 0.343 e. The molecule has 10 nitrogen and oxygen atoms in total. The maximum atomic E-state index is 11.5. The first-order valence-electron chi connectivity index (χ1n) is 10.6. The minimum Gasteiger partial charge on any atom is -0.493 e. The van der Waals surface area contributed by atoms with Crippen LogP contribution in [0.1, 0.15) is 60.2 Å². The molecular weight excluding hydrogens is 448 g/mol. The molecule has 2 aromatic carbocycles. The molecule has 182 valence electrons. The molecule has 0 heterocycles. The lowest BCUT2D eigenvalue weighted by Gasteiger charge is -2.13. The molecule has 0 aliphatic carbocycles. The monoisotopic (exact) mass is 474 g/mol. The van der Waals surface area contributed by atoms with Crippen LogP contribution in [0, 0.1) is 0 Å². The Balaban J connectivity index is 1.79. The molecule has 0 atom stereocenters. The third kappa shape index (κ3) is 7.80. The van der Waals surface area contributed by atoms with Crippen LogP contribution in [0.5, 0.6) is 23.0 Å². The van der Waals surface area contributed by atoms with Crippen molar-refractivity contribution in [2.24, 2.45) is 0 Å². The first-order valence-corrected chi connectivity index (χ1v) is 10.6. The van der Waals surface area contributed by atoms with E-state index in [0.29, 0.717) is 12.8 Å². The van der Waals surface area contributed by atoms with Crippen molar-refractivity contribution in [3.8, 4) is 23.0 Å². The van der Waals surface area contributed by atoms with Gasteiger partial charge < -0.3 is 29.2 Å². The fourth-order valence-electron chi connectivity index (χ4n) is 3.09. The minimum absolute atomic E-state index is 0.0758. The van der Waals surface area contributed by atoms with Gasteiger partial charge in [-0.05, 0) is 49.9 Å². The zero-order valence-corrected chi connectivity index (χ0v) is 18.9. The van der Waals surface area contributed by atoms with Gasteiger partial charge in [-0.1, -0.05) is 12.1 Å². The summed E-state index contributed by atoms with van der Waals surface area (Å²) in [5, 5.41) is 18.8. The minimum atomic E-state index is -1.26. The Kier molecular flexibility index (Phi) is 9.88. The number of hydrogen-bond acceptors (Lipinski definition) is 8. The van der Waals surface area contributed by atoms with Gasteiger partial charge in [-0.25, -0.2) is 9.59 Å². The lowest BCUT2D eigenvalue weighted by Crippen LogP contribution is -2.10. The molecule has 0 saturated carbocycles. The van der Waals surface area contributed by atoms with E-state index in [1.165, 1.54) is 38.1 Å². The van der Waals surface area contributed by atoms with Crippen LogP contribution < -0.4 is 18.9 Å². The highest BCUT2D eigenvalue weighted by Crippen LogP contribution is 2.30.